The van der Waals surface area contributed by atoms with Crippen LogP contribution in [0.1, 0.15) is 279 Å². The van der Waals surface area contributed by atoms with Gasteiger partial charge in [-0.3, -0.25) is 0 Å². The van der Waals surface area contributed by atoms with E-state index in [1.807, 2.05) is 0 Å². The molecule has 3 unspecified atom stereocenters. The van der Waals surface area contributed by atoms with Crippen LogP contribution < -0.4 is 13.3 Å². The molecule has 476 valence electrons. The zero-order chi connectivity index (χ0) is 59.3. The molecule has 0 aromatic rings. The standard InChI is InChI=1S/2C25H42.C25H40.CH4.I3.I2.HI/c3*1-7-17(2)23-12-13-24-22(9-8-14-25(23,24)6)11-10-21-15-18(3)20(5)19(4)16-21;;1-3-2;1-2;/h2*10-11,17-20,23-24H,7-9,12-16H2,1-6H3;10-11,17-19,23-24H,5,7-9,12-16H2,1-4,6H3;1H4;;;1H/q;;;;-1;;/b2*21-10?,22-11+;22-11+;;;;/t2*17-,18+,19+,20?,23?,24-,25+;17-,18+,19+,23?,24-,25+;;;;/m000..../s1. The third-order valence-corrected chi connectivity index (χ3v) is 26.0. The topological polar surface area (TPSA) is 0 Å². The summed E-state index contributed by atoms with van der Waals surface area (Å²) in [5.74, 6) is 14.6. The van der Waals surface area contributed by atoms with Crippen molar-refractivity contribution in [3.8, 4) is 0 Å². The van der Waals surface area contributed by atoms with Crippen molar-refractivity contribution in [1.82, 2.24) is 0 Å². The van der Waals surface area contributed by atoms with Crippen LogP contribution in [0.15, 0.2) is 82.0 Å². The van der Waals surface area contributed by atoms with Gasteiger partial charge in [0.1, 0.15) is 0 Å². The summed E-state index contributed by atoms with van der Waals surface area (Å²) in [5, 5.41) is 0. The molecular formula is C76H129I6-. The molecular weight excluding hydrogens is 1670 g/mol. The molecule has 0 saturated heterocycles. The van der Waals surface area contributed by atoms with Crippen molar-refractivity contribution in [3.63, 3.8) is 0 Å². The third-order valence-electron chi connectivity index (χ3n) is 26.0. The second-order valence-corrected chi connectivity index (χ2v) is 46.7. The summed E-state index contributed by atoms with van der Waals surface area (Å²) < 4.78 is 0. The summed E-state index contributed by atoms with van der Waals surface area (Å²) in [7, 11) is 0. The number of hydrogen-bond donors (Lipinski definition) is 0. The van der Waals surface area contributed by atoms with E-state index in [2.05, 4.69) is 235 Å². The predicted molar refractivity (Wildman–Crippen MR) is 410 cm³/mol. The Morgan fingerprint density at radius 2 is 0.707 bits per heavy atom. The van der Waals surface area contributed by atoms with Gasteiger partial charge in [0, 0.05) is 37.2 Å². The molecule has 9 saturated carbocycles. The Bertz CT molecular complexity index is 1980. The van der Waals surface area contributed by atoms with Gasteiger partial charge >= 0.3 is 50.5 Å². The summed E-state index contributed by atoms with van der Waals surface area (Å²) in [4.78, 5) is 0. The maximum absolute atomic E-state index is 4.30. The Morgan fingerprint density at radius 1 is 0.463 bits per heavy atom. The molecule has 0 aromatic heterocycles. The predicted octanol–water partition coefficient (Wildman–Crippen LogP) is 25.1. The van der Waals surface area contributed by atoms with Crippen molar-refractivity contribution in [2.24, 2.45) is 117 Å². The van der Waals surface area contributed by atoms with Gasteiger partial charge in [0.2, 0.25) is 0 Å². The average molecular weight is 1800 g/mol. The van der Waals surface area contributed by atoms with E-state index in [-0.39, 0.29) is 31.4 Å². The second-order valence-electron chi connectivity index (χ2n) is 30.4. The average Bonchev–Trinajstić information content (AvgIpc) is 4.35. The minimum absolute atomic E-state index is 0. The summed E-state index contributed by atoms with van der Waals surface area (Å²) in [6.45, 7) is 46.3. The Labute approximate surface area is 582 Å². The molecule has 0 radical (unpaired) electrons. The molecule has 82 heavy (non-hydrogen) atoms. The normalized spacial score (nSPS) is 40.3. The van der Waals surface area contributed by atoms with Crippen molar-refractivity contribution < 1.29 is 13.3 Å². The molecule has 6 heteroatoms. The summed E-state index contributed by atoms with van der Waals surface area (Å²) in [6, 6.07) is 0. The molecule has 9 aliphatic rings. The van der Waals surface area contributed by atoms with Crippen molar-refractivity contribution in [3.05, 3.63) is 82.0 Å². The van der Waals surface area contributed by atoms with E-state index >= 15 is 0 Å². The molecule has 0 spiro atoms. The fraction of sp³-hybridized carbons (Fsp3) is 0.816. The molecule has 0 bridgehead atoms. The van der Waals surface area contributed by atoms with Crippen LogP contribution in [0.25, 0.3) is 0 Å². The van der Waals surface area contributed by atoms with Crippen LogP contribution in [-0.4, -0.2) is 0 Å². The van der Waals surface area contributed by atoms with Crippen LogP contribution in [0.4, 0.5) is 0 Å². The first kappa shape index (κ1) is 78.8. The fourth-order valence-electron chi connectivity index (χ4n) is 19.9. The number of hydrogen-bond acceptors (Lipinski definition) is 0. The Kier molecular flexibility index (Phi) is 35.9. The van der Waals surface area contributed by atoms with Gasteiger partial charge in [0.05, 0.1) is 0 Å². The molecule has 9 aliphatic carbocycles. The van der Waals surface area contributed by atoms with Gasteiger partial charge in [-0.05, 0) is 252 Å². The van der Waals surface area contributed by atoms with Gasteiger partial charge in [-0.15, -0.1) is 24.0 Å². The van der Waals surface area contributed by atoms with Crippen LogP contribution in [0.3, 0.4) is 0 Å². The van der Waals surface area contributed by atoms with Crippen LogP contribution >= 0.6 is 98.4 Å². The van der Waals surface area contributed by atoms with E-state index in [1.54, 1.807) is 33.4 Å². The van der Waals surface area contributed by atoms with Crippen molar-refractivity contribution in [1.29, 1.82) is 0 Å². The zero-order valence-electron chi connectivity index (χ0n) is 55.3. The van der Waals surface area contributed by atoms with Crippen molar-refractivity contribution in [2.75, 3.05) is 0 Å². The van der Waals surface area contributed by atoms with Gasteiger partial charge in [-0.25, -0.2) is 0 Å². The van der Waals surface area contributed by atoms with E-state index in [1.165, 1.54) is 160 Å². The van der Waals surface area contributed by atoms with Crippen molar-refractivity contribution in [2.45, 2.75) is 279 Å². The van der Waals surface area contributed by atoms with Gasteiger partial charge in [0.25, 0.3) is 0 Å². The van der Waals surface area contributed by atoms with E-state index in [4.69, 9.17) is 0 Å². The first-order valence-electron chi connectivity index (χ1n) is 33.9. The molecule has 18 atom stereocenters. The van der Waals surface area contributed by atoms with Gasteiger partial charge in [-0.1, -0.05) is 226 Å². The number of fused-ring (bicyclic) bond motifs is 3. The monoisotopic (exact) mass is 1800 g/mol. The van der Waals surface area contributed by atoms with Crippen LogP contribution in [0.5, 0.6) is 0 Å². The Hall–Kier alpha value is 2.56. The molecule has 0 heterocycles. The van der Waals surface area contributed by atoms with E-state index in [9.17, 15) is 0 Å². The first-order valence-corrected chi connectivity index (χ1v) is 52.7. The van der Waals surface area contributed by atoms with Gasteiger partial charge in [0.15, 0.2) is 0 Å². The van der Waals surface area contributed by atoms with E-state index < -0.39 is 0 Å². The first-order chi connectivity index (χ1) is 38.0. The quantitative estimate of drug-likeness (QED) is 0.159. The minimum atomic E-state index is 0. The van der Waals surface area contributed by atoms with Crippen LogP contribution in [0.2, 0.25) is 0 Å². The van der Waals surface area contributed by atoms with E-state index in [0.717, 1.165) is 88.8 Å². The van der Waals surface area contributed by atoms with Crippen LogP contribution in [-0.2, 0) is 0 Å². The number of allylic oxidation sites excluding steroid dienone is 13. The van der Waals surface area contributed by atoms with Crippen LogP contribution in [0, 0.1) is 117 Å². The fourth-order valence-corrected chi connectivity index (χ4v) is 19.9. The molecule has 9 rings (SSSR count). The molecule has 9 fully saturated rings. The van der Waals surface area contributed by atoms with Crippen molar-refractivity contribution >= 4 is 98.4 Å². The number of rotatable bonds is 9. The number of halogens is 6. The second kappa shape index (κ2) is 37.3. The molecule has 0 aromatic carbocycles. The zero-order valence-corrected chi connectivity index (χ0v) is 68.4. The van der Waals surface area contributed by atoms with E-state index in [0.29, 0.717) is 41.3 Å². The molecule has 0 nitrogen and oxygen atoms in total. The Balaban J connectivity index is 0.000000306. The molecule has 0 N–H and O–H groups in total. The SMILES string of the molecule is C.C=C1[C@H](C)CC(=C/C=C2\CCC[C@]3(C)C([C@@H](C)CC)CC[C@@H]23)C[C@H]1C.CC[C@H](C)C1CC[C@H]2/C(=C/C=C3C[C@@H](C)C(C)[C@H](C)C3)CCC[C@]12C.CC[C@H](C)C1CC[C@H]2/C(=C/C=C3C[C@@H](C)C(C)[C@H](C)C3)CCC[C@]12C.I.II.I[I-]I. The summed E-state index contributed by atoms with van der Waals surface area (Å²) in [6.07, 6.45) is 48.6. The molecule has 0 amide bonds. The molecule has 0 aliphatic heterocycles. The summed E-state index contributed by atoms with van der Waals surface area (Å²) >= 11 is 9.54. The summed E-state index contributed by atoms with van der Waals surface area (Å²) in [5.41, 5.74) is 13.7. The Morgan fingerprint density at radius 3 is 0.951 bits per heavy atom. The maximum atomic E-state index is 4.30. The van der Waals surface area contributed by atoms with Gasteiger partial charge < -0.3 is 0 Å². The third kappa shape index (κ3) is 19.6. The van der Waals surface area contributed by atoms with Gasteiger partial charge in [-0.2, -0.15) is 0 Å².